The number of ether oxygens (including phenoxy) is 2. The fourth-order valence-corrected chi connectivity index (χ4v) is 3.43. The molecule has 1 N–H and O–H groups in total. The Kier molecular flexibility index (Phi) is 7.04. The van der Waals surface area contributed by atoms with E-state index in [0.717, 1.165) is 18.6 Å². The molecule has 28 heavy (non-hydrogen) atoms. The van der Waals surface area contributed by atoms with Crippen molar-refractivity contribution in [3.63, 3.8) is 0 Å². The molecule has 1 aliphatic rings. The lowest BCUT2D eigenvalue weighted by Gasteiger charge is -2.46. The van der Waals surface area contributed by atoms with Gasteiger partial charge in [0.1, 0.15) is 23.3 Å². The maximum Gasteiger partial charge on any atom is 0.410 e. The molecule has 1 fully saturated rings. The third-order valence-electron chi connectivity index (χ3n) is 4.85. The molecule has 0 radical (unpaired) electrons. The molecule has 1 amide bonds. The largest absolute Gasteiger partial charge is 0.444 e. The van der Waals surface area contributed by atoms with Gasteiger partial charge in [0.25, 0.3) is 0 Å². The normalized spacial score (nSPS) is 24.1. The summed E-state index contributed by atoms with van der Waals surface area (Å²) in [5, 5.41) is 10.9. The molecule has 1 aliphatic heterocycles. The first-order valence-electron chi connectivity index (χ1n) is 9.72. The maximum atomic E-state index is 14.3. The molecule has 0 saturated carbocycles. The van der Waals surface area contributed by atoms with Crippen molar-refractivity contribution >= 4 is 6.09 Å². The highest BCUT2D eigenvalue weighted by Crippen LogP contribution is 2.37. The van der Waals surface area contributed by atoms with Crippen LogP contribution in [0.2, 0.25) is 0 Å². The van der Waals surface area contributed by atoms with Gasteiger partial charge in [0.2, 0.25) is 0 Å². The summed E-state index contributed by atoms with van der Waals surface area (Å²) in [6, 6.07) is 2.27. The molecule has 1 aromatic carbocycles. The Bertz CT molecular complexity index is 691. The van der Waals surface area contributed by atoms with Gasteiger partial charge < -0.3 is 19.5 Å². The standard InChI is InChI=1S/C21H31F2NO4/c1-6-11-27-21(5)9-10-24(19(26)28-20(2,3)4)17(13-21)18(25)15-8-7-14(22)12-16(15)23/h7-8,12,17-18,25H,6,9-11,13H2,1-5H3. The Morgan fingerprint density at radius 2 is 2.07 bits per heavy atom. The highest BCUT2D eigenvalue weighted by atomic mass is 19.1. The zero-order valence-electron chi connectivity index (χ0n) is 17.3. The molecule has 158 valence electrons. The lowest BCUT2D eigenvalue weighted by Crippen LogP contribution is -2.55. The van der Waals surface area contributed by atoms with Gasteiger partial charge in [0.05, 0.1) is 11.6 Å². The number of aliphatic hydroxyl groups is 1. The van der Waals surface area contributed by atoms with Crippen molar-refractivity contribution in [1.82, 2.24) is 4.90 Å². The fraction of sp³-hybridized carbons (Fsp3) is 0.667. The second kappa shape index (κ2) is 8.74. The second-order valence-electron chi connectivity index (χ2n) is 8.60. The molecular formula is C21H31F2NO4. The Morgan fingerprint density at radius 1 is 1.39 bits per heavy atom. The van der Waals surface area contributed by atoms with Gasteiger partial charge >= 0.3 is 6.09 Å². The molecule has 1 aromatic rings. The number of halogens is 2. The van der Waals surface area contributed by atoms with Crippen molar-refractivity contribution < 1.29 is 28.2 Å². The Hall–Kier alpha value is -1.73. The summed E-state index contributed by atoms with van der Waals surface area (Å²) in [5.74, 6) is -1.57. The summed E-state index contributed by atoms with van der Waals surface area (Å²) in [6.07, 6.45) is -0.189. The number of carbonyl (C=O) groups excluding carboxylic acids is 1. The summed E-state index contributed by atoms with van der Waals surface area (Å²) >= 11 is 0. The van der Waals surface area contributed by atoms with Crippen molar-refractivity contribution in [2.45, 2.75) is 77.2 Å². The van der Waals surface area contributed by atoms with Gasteiger partial charge in [-0.2, -0.15) is 0 Å². The van der Waals surface area contributed by atoms with E-state index < -0.39 is 41.1 Å². The van der Waals surface area contributed by atoms with Crippen LogP contribution in [0.25, 0.3) is 0 Å². The van der Waals surface area contributed by atoms with Crippen molar-refractivity contribution in [3.05, 3.63) is 35.4 Å². The van der Waals surface area contributed by atoms with E-state index in [4.69, 9.17) is 9.47 Å². The van der Waals surface area contributed by atoms with Gasteiger partial charge in [0.15, 0.2) is 0 Å². The molecular weight excluding hydrogens is 368 g/mol. The number of benzene rings is 1. The minimum absolute atomic E-state index is 0.0558. The van der Waals surface area contributed by atoms with E-state index in [1.165, 1.54) is 11.0 Å². The predicted molar refractivity (Wildman–Crippen MR) is 102 cm³/mol. The minimum atomic E-state index is -1.34. The van der Waals surface area contributed by atoms with Crippen LogP contribution < -0.4 is 0 Å². The molecule has 0 bridgehead atoms. The quantitative estimate of drug-likeness (QED) is 0.787. The average Bonchev–Trinajstić information content (AvgIpc) is 2.58. The van der Waals surface area contributed by atoms with Crippen molar-refractivity contribution in [1.29, 1.82) is 0 Å². The number of likely N-dealkylation sites (tertiary alicyclic amines) is 1. The second-order valence-corrected chi connectivity index (χ2v) is 8.60. The number of hydrogen-bond acceptors (Lipinski definition) is 4. The van der Waals surface area contributed by atoms with Crippen LogP contribution in [-0.4, -0.2) is 46.5 Å². The van der Waals surface area contributed by atoms with Crippen molar-refractivity contribution in [2.24, 2.45) is 0 Å². The summed E-state index contributed by atoms with van der Waals surface area (Å²) in [4.78, 5) is 14.1. The van der Waals surface area contributed by atoms with Crippen LogP contribution in [0, 0.1) is 11.6 Å². The number of rotatable bonds is 5. The summed E-state index contributed by atoms with van der Waals surface area (Å²) in [6.45, 7) is 10.1. The molecule has 7 heteroatoms. The van der Waals surface area contributed by atoms with Crippen molar-refractivity contribution in [2.75, 3.05) is 13.2 Å². The summed E-state index contributed by atoms with van der Waals surface area (Å²) in [7, 11) is 0. The van der Waals surface area contributed by atoms with E-state index in [2.05, 4.69) is 0 Å². The Balaban J connectivity index is 2.33. The van der Waals surface area contributed by atoms with Gasteiger partial charge in [-0.15, -0.1) is 0 Å². The molecule has 0 spiro atoms. The van der Waals surface area contributed by atoms with E-state index in [9.17, 15) is 18.7 Å². The lowest BCUT2D eigenvalue weighted by atomic mass is 9.83. The molecule has 3 unspecified atom stereocenters. The van der Waals surface area contributed by atoms with Crippen LogP contribution in [0.3, 0.4) is 0 Å². The van der Waals surface area contributed by atoms with Gasteiger partial charge in [-0.3, -0.25) is 0 Å². The number of aliphatic hydroxyl groups excluding tert-OH is 1. The van der Waals surface area contributed by atoms with Crippen LogP contribution in [0.5, 0.6) is 0 Å². The monoisotopic (exact) mass is 399 g/mol. The predicted octanol–water partition coefficient (Wildman–Crippen LogP) is 4.58. The van der Waals surface area contributed by atoms with Crippen molar-refractivity contribution in [3.8, 4) is 0 Å². The Labute approximate surface area is 165 Å². The van der Waals surface area contributed by atoms with E-state index in [1.54, 1.807) is 20.8 Å². The Morgan fingerprint density at radius 3 is 2.64 bits per heavy atom. The van der Waals surface area contributed by atoms with Crippen LogP contribution in [-0.2, 0) is 9.47 Å². The first kappa shape index (κ1) is 22.6. The van der Waals surface area contributed by atoms with E-state index in [1.807, 2.05) is 13.8 Å². The highest BCUT2D eigenvalue weighted by molar-refractivity contribution is 5.69. The highest BCUT2D eigenvalue weighted by Gasteiger charge is 2.44. The third kappa shape index (κ3) is 5.64. The van der Waals surface area contributed by atoms with Gasteiger partial charge in [-0.1, -0.05) is 13.0 Å². The average molecular weight is 399 g/mol. The third-order valence-corrected chi connectivity index (χ3v) is 4.85. The van der Waals surface area contributed by atoms with Gasteiger partial charge in [0, 0.05) is 24.8 Å². The topological polar surface area (TPSA) is 59.0 Å². The van der Waals surface area contributed by atoms with Crippen LogP contribution in [0.15, 0.2) is 18.2 Å². The van der Waals surface area contributed by atoms with Crippen LogP contribution >= 0.6 is 0 Å². The maximum absolute atomic E-state index is 14.3. The molecule has 1 heterocycles. The lowest BCUT2D eigenvalue weighted by molar-refractivity contribution is -0.108. The number of amides is 1. The first-order valence-corrected chi connectivity index (χ1v) is 9.72. The molecule has 1 saturated heterocycles. The minimum Gasteiger partial charge on any atom is -0.444 e. The molecule has 0 aliphatic carbocycles. The zero-order chi connectivity index (χ0) is 21.1. The summed E-state index contributed by atoms with van der Waals surface area (Å²) in [5.41, 5.74) is -1.32. The van der Waals surface area contributed by atoms with E-state index in [0.29, 0.717) is 26.0 Å². The number of hydrogen-bond donors (Lipinski definition) is 1. The molecule has 3 atom stereocenters. The zero-order valence-corrected chi connectivity index (χ0v) is 17.3. The van der Waals surface area contributed by atoms with E-state index >= 15 is 0 Å². The number of nitrogens with zero attached hydrogens (tertiary/aromatic N) is 1. The van der Waals surface area contributed by atoms with Gasteiger partial charge in [-0.05, 0) is 53.0 Å². The molecule has 0 aromatic heterocycles. The molecule has 5 nitrogen and oxygen atoms in total. The number of carbonyl (C=O) groups is 1. The summed E-state index contributed by atoms with van der Waals surface area (Å²) < 4.78 is 39.0. The number of piperidine rings is 1. The van der Waals surface area contributed by atoms with Crippen LogP contribution in [0.1, 0.15) is 65.5 Å². The smallest absolute Gasteiger partial charge is 0.410 e. The molecule has 2 rings (SSSR count). The van der Waals surface area contributed by atoms with Crippen LogP contribution in [0.4, 0.5) is 13.6 Å². The first-order chi connectivity index (χ1) is 13.0. The SMILES string of the molecule is CCCOC1(C)CCN(C(=O)OC(C)(C)C)C(C(O)c2ccc(F)cc2F)C1. The van der Waals surface area contributed by atoms with E-state index in [-0.39, 0.29) is 5.56 Å². The fourth-order valence-electron chi connectivity index (χ4n) is 3.43. The van der Waals surface area contributed by atoms with Gasteiger partial charge in [-0.25, -0.2) is 13.6 Å².